The average molecular weight is 283 g/mol. The van der Waals surface area contributed by atoms with Crippen molar-refractivity contribution in [1.82, 2.24) is 5.32 Å². The van der Waals surface area contributed by atoms with Crippen molar-refractivity contribution < 1.29 is 9.21 Å². The number of rotatable bonds is 5. The van der Waals surface area contributed by atoms with Gasteiger partial charge in [-0.05, 0) is 42.2 Å². The molecule has 110 valence electrons. The van der Waals surface area contributed by atoms with Gasteiger partial charge in [0.25, 0.3) is 0 Å². The summed E-state index contributed by atoms with van der Waals surface area (Å²) in [6, 6.07) is 11.7. The van der Waals surface area contributed by atoms with Crippen LogP contribution in [0.1, 0.15) is 49.6 Å². The van der Waals surface area contributed by atoms with Gasteiger partial charge >= 0.3 is 0 Å². The number of hydrogen-bond donors (Lipinski definition) is 1. The van der Waals surface area contributed by atoms with Gasteiger partial charge in [0.2, 0.25) is 5.91 Å². The molecule has 1 aromatic heterocycles. The van der Waals surface area contributed by atoms with Gasteiger partial charge in [-0.15, -0.1) is 0 Å². The highest BCUT2D eigenvalue weighted by Crippen LogP contribution is 2.15. The zero-order chi connectivity index (χ0) is 15.2. The van der Waals surface area contributed by atoms with Gasteiger partial charge < -0.3 is 9.73 Å². The first-order chi connectivity index (χ1) is 10.1. The highest BCUT2D eigenvalue weighted by Gasteiger charge is 2.09. The minimum Gasteiger partial charge on any atom is -0.467 e. The Kier molecular flexibility index (Phi) is 4.99. The third kappa shape index (κ3) is 4.35. The SMILES string of the molecule is CC(C)c1ccc(/C=C/C(=O)N[C@H](C)c2ccco2)cc1. The molecule has 0 spiro atoms. The van der Waals surface area contributed by atoms with Crippen LogP contribution in [0.15, 0.2) is 53.2 Å². The zero-order valence-corrected chi connectivity index (χ0v) is 12.7. The van der Waals surface area contributed by atoms with Crippen LogP contribution >= 0.6 is 0 Å². The van der Waals surface area contributed by atoms with Crippen molar-refractivity contribution >= 4 is 12.0 Å². The summed E-state index contributed by atoms with van der Waals surface area (Å²) in [6.45, 7) is 6.21. The maximum atomic E-state index is 11.9. The molecule has 21 heavy (non-hydrogen) atoms. The molecule has 0 unspecified atom stereocenters. The summed E-state index contributed by atoms with van der Waals surface area (Å²) < 4.78 is 5.26. The van der Waals surface area contributed by atoms with Gasteiger partial charge in [0, 0.05) is 6.08 Å². The lowest BCUT2D eigenvalue weighted by Gasteiger charge is -2.09. The largest absolute Gasteiger partial charge is 0.467 e. The molecule has 1 heterocycles. The van der Waals surface area contributed by atoms with Gasteiger partial charge in [-0.2, -0.15) is 0 Å². The van der Waals surface area contributed by atoms with Gasteiger partial charge in [0.05, 0.1) is 12.3 Å². The van der Waals surface area contributed by atoms with Crippen LogP contribution in [0.2, 0.25) is 0 Å². The molecule has 0 bridgehead atoms. The van der Waals surface area contributed by atoms with E-state index in [-0.39, 0.29) is 11.9 Å². The van der Waals surface area contributed by atoms with Gasteiger partial charge in [-0.1, -0.05) is 38.1 Å². The van der Waals surface area contributed by atoms with Crippen LogP contribution < -0.4 is 5.32 Å². The Morgan fingerprint density at radius 1 is 1.14 bits per heavy atom. The van der Waals surface area contributed by atoms with E-state index >= 15 is 0 Å². The Balaban J connectivity index is 1.92. The van der Waals surface area contributed by atoms with Gasteiger partial charge in [0.1, 0.15) is 5.76 Å². The second kappa shape index (κ2) is 6.93. The number of hydrogen-bond acceptors (Lipinski definition) is 2. The van der Waals surface area contributed by atoms with Crippen LogP contribution in [0.3, 0.4) is 0 Å². The molecule has 0 aliphatic rings. The summed E-state index contributed by atoms with van der Waals surface area (Å²) in [4.78, 5) is 11.9. The molecule has 0 aliphatic carbocycles. The van der Waals surface area contributed by atoms with E-state index < -0.39 is 0 Å². The first-order valence-electron chi connectivity index (χ1n) is 7.18. The molecule has 1 atom stereocenters. The van der Waals surface area contributed by atoms with Crippen molar-refractivity contribution in [1.29, 1.82) is 0 Å². The van der Waals surface area contributed by atoms with Crippen molar-refractivity contribution in [3.63, 3.8) is 0 Å². The Morgan fingerprint density at radius 3 is 2.43 bits per heavy atom. The third-order valence-corrected chi connectivity index (χ3v) is 3.36. The molecule has 0 fully saturated rings. The highest BCUT2D eigenvalue weighted by molar-refractivity contribution is 5.91. The molecule has 0 aliphatic heterocycles. The summed E-state index contributed by atoms with van der Waals surface area (Å²) in [7, 11) is 0. The second-order valence-electron chi connectivity index (χ2n) is 5.40. The normalized spacial score (nSPS) is 12.8. The quantitative estimate of drug-likeness (QED) is 0.832. The van der Waals surface area contributed by atoms with Crippen LogP contribution in [-0.2, 0) is 4.79 Å². The summed E-state index contributed by atoms with van der Waals surface area (Å²) in [5.74, 6) is 1.13. The Morgan fingerprint density at radius 2 is 1.86 bits per heavy atom. The Bertz CT molecular complexity index is 595. The minimum atomic E-state index is -0.138. The highest BCUT2D eigenvalue weighted by atomic mass is 16.3. The van der Waals surface area contributed by atoms with Crippen molar-refractivity contribution in [2.75, 3.05) is 0 Å². The van der Waals surface area contributed by atoms with Gasteiger partial charge in [0.15, 0.2) is 0 Å². The second-order valence-corrected chi connectivity index (χ2v) is 5.40. The number of carbonyl (C=O) groups excluding carboxylic acids is 1. The number of furan rings is 1. The number of carbonyl (C=O) groups is 1. The Labute approximate surface area is 125 Å². The smallest absolute Gasteiger partial charge is 0.244 e. The molecule has 0 radical (unpaired) electrons. The predicted octanol–water partition coefficient (Wildman–Crippen LogP) is 4.29. The molecule has 1 aromatic carbocycles. The first-order valence-corrected chi connectivity index (χ1v) is 7.18. The van der Waals surface area contributed by atoms with E-state index in [0.717, 1.165) is 11.3 Å². The van der Waals surface area contributed by atoms with Gasteiger partial charge in [-0.25, -0.2) is 0 Å². The van der Waals surface area contributed by atoms with Crippen LogP contribution in [0, 0.1) is 0 Å². The van der Waals surface area contributed by atoms with E-state index in [1.54, 1.807) is 12.3 Å². The fourth-order valence-corrected chi connectivity index (χ4v) is 2.03. The van der Waals surface area contributed by atoms with E-state index in [0.29, 0.717) is 5.92 Å². The number of nitrogens with one attached hydrogen (secondary N) is 1. The third-order valence-electron chi connectivity index (χ3n) is 3.36. The van der Waals surface area contributed by atoms with E-state index in [4.69, 9.17) is 4.42 Å². The molecular weight excluding hydrogens is 262 g/mol. The van der Waals surface area contributed by atoms with E-state index in [9.17, 15) is 4.79 Å². The molecule has 1 amide bonds. The van der Waals surface area contributed by atoms with Crippen LogP contribution in [0.25, 0.3) is 6.08 Å². The minimum absolute atomic E-state index is 0.133. The number of amides is 1. The van der Waals surface area contributed by atoms with E-state index in [1.165, 1.54) is 5.56 Å². The van der Waals surface area contributed by atoms with Crippen molar-refractivity contribution in [2.45, 2.75) is 32.7 Å². The zero-order valence-electron chi connectivity index (χ0n) is 12.7. The average Bonchev–Trinajstić information content (AvgIpc) is 3.00. The first kappa shape index (κ1) is 15.1. The number of benzene rings is 1. The lowest BCUT2D eigenvalue weighted by atomic mass is 10.0. The van der Waals surface area contributed by atoms with Crippen molar-refractivity contribution in [2.24, 2.45) is 0 Å². The van der Waals surface area contributed by atoms with Crippen molar-refractivity contribution in [3.8, 4) is 0 Å². The Hall–Kier alpha value is -2.29. The predicted molar refractivity (Wildman–Crippen MR) is 84.8 cm³/mol. The monoisotopic (exact) mass is 283 g/mol. The maximum absolute atomic E-state index is 11.9. The summed E-state index contributed by atoms with van der Waals surface area (Å²) in [5.41, 5.74) is 2.31. The van der Waals surface area contributed by atoms with E-state index in [1.807, 2.05) is 37.3 Å². The van der Waals surface area contributed by atoms with Crippen LogP contribution in [0.4, 0.5) is 0 Å². The lowest BCUT2D eigenvalue weighted by Crippen LogP contribution is -2.24. The molecule has 3 heteroatoms. The topological polar surface area (TPSA) is 42.2 Å². The summed E-state index contributed by atoms with van der Waals surface area (Å²) in [6.07, 6.45) is 4.96. The van der Waals surface area contributed by atoms with Gasteiger partial charge in [-0.3, -0.25) is 4.79 Å². The molecule has 2 rings (SSSR count). The fraction of sp³-hybridized carbons (Fsp3) is 0.278. The van der Waals surface area contributed by atoms with Crippen LogP contribution in [0.5, 0.6) is 0 Å². The molecule has 0 saturated heterocycles. The lowest BCUT2D eigenvalue weighted by molar-refractivity contribution is -0.117. The van der Waals surface area contributed by atoms with Crippen LogP contribution in [-0.4, -0.2) is 5.91 Å². The standard InChI is InChI=1S/C18H21NO2/c1-13(2)16-9-6-15(7-10-16)8-11-18(20)19-14(3)17-5-4-12-21-17/h4-14H,1-3H3,(H,19,20)/b11-8+/t14-/m1/s1. The molecular formula is C18H21NO2. The molecule has 0 saturated carbocycles. The summed E-state index contributed by atoms with van der Waals surface area (Å²) >= 11 is 0. The molecule has 2 aromatic rings. The molecule has 1 N–H and O–H groups in total. The molecule has 3 nitrogen and oxygen atoms in total. The maximum Gasteiger partial charge on any atom is 0.244 e. The van der Waals surface area contributed by atoms with Crippen molar-refractivity contribution in [3.05, 3.63) is 65.6 Å². The van der Waals surface area contributed by atoms with E-state index in [2.05, 4.69) is 31.3 Å². The summed E-state index contributed by atoms with van der Waals surface area (Å²) in [5, 5.41) is 2.86. The fourth-order valence-electron chi connectivity index (χ4n) is 2.03.